The van der Waals surface area contributed by atoms with E-state index in [4.69, 9.17) is 4.74 Å². The smallest absolute Gasteiger partial charge is 0.338 e. The van der Waals surface area contributed by atoms with E-state index < -0.39 is 10.9 Å². The van der Waals surface area contributed by atoms with Gasteiger partial charge in [-0.3, -0.25) is 10.1 Å². The van der Waals surface area contributed by atoms with Gasteiger partial charge in [-0.15, -0.1) is 11.3 Å². The van der Waals surface area contributed by atoms with E-state index in [-0.39, 0.29) is 17.9 Å². The van der Waals surface area contributed by atoms with Crippen LogP contribution < -0.4 is 4.90 Å². The second-order valence-electron chi connectivity index (χ2n) is 7.09. The molecular weight excluding hydrogens is 402 g/mol. The highest BCUT2D eigenvalue weighted by Crippen LogP contribution is 2.31. The first-order valence-electron chi connectivity index (χ1n) is 9.82. The summed E-state index contributed by atoms with van der Waals surface area (Å²) in [5.41, 5.74) is 2.31. The van der Waals surface area contributed by atoms with Gasteiger partial charge in [-0.05, 0) is 31.4 Å². The number of nitro groups is 1. The zero-order valence-corrected chi connectivity index (χ0v) is 17.1. The molecule has 8 heteroatoms. The van der Waals surface area contributed by atoms with Gasteiger partial charge in [-0.25, -0.2) is 9.78 Å². The SMILES string of the molecule is O=C(OCc1csc(-c2ccccc2)n1)c1ccc(N2CCCCC2)c([N+](=O)[O-])c1. The van der Waals surface area contributed by atoms with Gasteiger partial charge in [-0.2, -0.15) is 0 Å². The van der Waals surface area contributed by atoms with Crippen LogP contribution in [0.25, 0.3) is 10.6 Å². The molecule has 0 aliphatic carbocycles. The van der Waals surface area contributed by atoms with Crippen LogP contribution in [0.1, 0.15) is 35.3 Å². The number of hydrogen-bond acceptors (Lipinski definition) is 7. The Hall–Kier alpha value is -3.26. The van der Waals surface area contributed by atoms with Crippen LogP contribution in [0.5, 0.6) is 0 Å². The summed E-state index contributed by atoms with van der Waals surface area (Å²) in [6, 6.07) is 14.3. The average molecular weight is 423 g/mol. The Balaban J connectivity index is 1.45. The van der Waals surface area contributed by atoms with E-state index in [0.717, 1.165) is 42.9 Å². The van der Waals surface area contributed by atoms with Crippen molar-refractivity contribution in [2.45, 2.75) is 25.9 Å². The van der Waals surface area contributed by atoms with Crippen LogP contribution in [0.2, 0.25) is 0 Å². The Bertz CT molecular complexity index is 1050. The maximum atomic E-state index is 12.5. The quantitative estimate of drug-likeness (QED) is 0.313. The van der Waals surface area contributed by atoms with Crippen molar-refractivity contribution in [2.75, 3.05) is 18.0 Å². The van der Waals surface area contributed by atoms with E-state index >= 15 is 0 Å². The van der Waals surface area contributed by atoms with Crippen molar-refractivity contribution in [3.8, 4) is 10.6 Å². The molecule has 0 saturated carbocycles. The number of nitrogens with zero attached hydrogens (tertiary/aromatic N) is 3. The van der Waals surface area contributed by atoms with Crippen molar-refractivity contribution in [1.82, 2.24) is 4.98 Å². The molecule has 2 heterocycles. The van der Waals surface area contributed by atoms with E-state index in [9.17, 15) is 14.9 Å². The van der Waals surface area contributed by atoms with Crippen molar-refractivity contribution in [3.05, 3.63) is 75.3 Å². The first-order valence-corrected chi connectivity index (χ1v) is 10.7. The highest BCUT2D eigenvalue weighted by atomic mass is 32.1. The summed E-state index contributed by atoms with van der Waals surface area (Å²) >= 11 is 1.48. The third-order valence-corrected chi connectivity index (χ3v) is 5.97. The maximum absolute atomic E-state index is 12.5. The summed E-state index contributed by atoms with van der Waals surface area (Å²) in [7, 11) is 0. The number of carbonyl (C=O) groups is 1. The first-order chi connectivity index (χ1) is 14.6. The van der Waals surface area contributed by atoms with Gasteiger partial charge in [0.2, 0.25) is 0 Å². The molecule has 7 nitrogen and oxygen atoms in total. The lowest BCUT2D eigenvalue weighted by molar-refractivity contribution is -0.384. The Morgan fingerprint density at radius 3 is 2.63 bits per heavy atom. The summed E-state index contributed by atoms with van der Waals surface area (Å²) < 4.78 is 5.35. The minimum Gasteiger partial charge on any atom is -0.456 e. The molecule has 0 radical (unpaired) electrons. The normalized spacial score (nSPS) is 13.8. The number of thiazole rings is 1. The molecule has 0 amide bonds. The molecule has 1 aromatic heterocycles. The predicted molar refractivity (Wildman–Crippen MR) is 116 cm³/mol. The lowest BCUT2D eigenvalue weighted by atomic mass is 10.1. The molecule has 0 atom stereocenters. The molecule has 1 fully saturated rings. The fourth-order valence-electron chi connectivity index (χ4n) is 3.51. The number of hydrogen-bond donors (Lipinski definition) is 0. The fraction of sp³-hybridized carbons (Fsp3) is 0.273. The zero-order valence-electron chi connectivity index (χ0n) is 16.3. The molecule has 2 aromatic carbocycles. The molecule has 0 bridgehead atoms. The second-order valence-corrected chi connectivity index (χ2v) is 7.95. The number of piperidine rings is 1. The van der Waals surface area contributed by atoms with Crippen LogP contribution in [-0.2, 0) is 11.3 Å². The van der Waals surface area contributed by atoms with E-state index in [1.165, 1.54) is 17.4 Å². The van der Waals surface area contributed by atoms with Crippen molar-refractivity contribution in [1.29, 1.82) is 0 Å². The van der Waals surface area contributed by atoms with Gasteiger partial charge in [0.05, 0.1) is 16.2 Å². The molecule has 30 heavy (non-hydrogen) atoms. The van der Waals surface area contributed by atoms with Crippen LogP contribution in [-0.4, -0.2) is 29.0 Å². The van der Waals surface area contributed by atoms with Gasteiger partial charge in [0, 0.05) is 30.1 Å². The van der Waals surface area contributed by atoms with Gasteiger partial charge in [-0.1, -0.05) is 30.3 Å². The Kier molecular flexibility index (Phi) is 6.04. The van der Waals surface area contributed by atoms with Gasteiger partial charge >= 0.3 is 5.97 Å². The number of benzene rings is 2. The number of aromatic nitrogens is 1. The number of carbonyl (C=O) groups excluding carboxylic acids is 1. The number of rotatable bonds is 6. The number of anilines is 1. The van der Waals surface area contributed by atoms with Gasteiger partial charge < -0.3 is 9.64 Å². The van der Waals surface area contributed by atoms with Crippen LogP contribution in [0.15, 0.2) is 53.9 Å². The summed E-state index contributed by atoms with van der Waals surface area (Å²) in [4.78, 5) is 30.1. The molecule has 1 aliphatic heterocycles. The van der Waals surface area contributed by atoms with E-state index in [1.54, 1.807) is 12.1 Å². The van der Waals surface area contributed by atoms with Crippen molar-refractivity contribution < 1.29 is 14.5 Å². The number of esters is 1. The highest BCUT2D eigenvalue weighted by Gasteiger charge is 2.23. The summed E-state index contributed by atoms with van der Waals surface area (Å²) in [6.07, 6.45) is 3.16. The average Bonchev–Trinajstić information content (AvgIpc) is 3.27. The van der Waals surface area contributed by atoms with Crippen molar-refractivity contribution >= 4 is 28.7 Å². The topological polar surface area (TPSA) is 85.6 Å². The largest absolute Gasteiger partial charge is 0.456 e. The standard InChI is InChI=1S/C22H21N3O4S/c26-22(29-14-18-15-30-21(23-18)16-7-3-1-4-8-16)17-9-10-19(20(13-17)25(27)28)24-11-5-2-6-12-24/h1,3-4,7-10,13,15H,2,5-6,11-12,14H2. The summed E-state index contributed by atoms with van der Waals surface area (Å²) in [6.45, 7) is 1.60. The molecule has 3 aromatic rings. The van der Waals surface area contributed by atoms with E-state index in [0.29, 0.717) is 11.4 Å². The molecular formula is C22H21N3O4S. The Labute approximate surface area is 178 Å². The molecule has 0 N–H and O–H groups in total. The lowest BCUT2D eigenvalue weighted by Gasteiger charge is -2.28. The van der Waals surface area contributed by atoms with Crippen LogP contribution in [0.4, 0.5) is 11.4 Å². The predicted octanol–water partition coefficient (Wildman–Crippen LogP) is 5.07. The Morgan fingerprint density at radius 1 is 1.13 bits per heavy atom. The van der Waals surface area contributed by atoms with Gasteiger partial charge in [0.15, 0.2) is 0 Å². The third-order valence-electron chi connectivity index (χ3n) is 5.03. The number of ether oxygens (including phenoxy) is 1. The number of nitro benzene ring substituents is 1. The summed E-state index contributed by atoms with van der Waals surface area (Å²) in [5.74, 6) is -0.599. The molecule has 154 valence electrons. The van der Waals surface area contributed by atoms with Gasteiger partial charge in [0.25, 0.3) is 5.69 Å². The molecule has 0 spiro atoms. The minimum absolute atomic E-state index is 0.0177. The first kappa shape index (κ1) is 20.0. The minimum atomic E-state index is -0.599. The zero-order chi connectivity index (χ0) is 20.9. The third kappa shape index (κ3) is 4.49. The van der Waals surface area contributed by atoms with E-state index in [1.807, 2.05) is 40.6 Å². The lowest BCUT2D eigenvalue weighted by Crippen LogP contribution is -2.30. The highest BCUT2D eigenvalue weighted by molar-refractivity contribution is 7.13. The fourth-order valence-corrected chi connectivity index (χ4v) is 4.32. The van der Waals surface area contributed by atoms with Crippen molar-refractivity contribution in [3.63, 3.8) is 0 Å². The van der Waals surface area contributed by atoms with Gasteiger partial charge in [0.1, 0.15) is 17.3 Å². The van der Waals surface area contributed by atoms with E-state index in [2.05, 4.69) is 4.98 Å². The summed E-state index contributed by atoms with van der Waals surface area (Å²) in [5, 5.41) is 14.3. The maximum Gasteiger partial charge on any atom is 0.338 e. The molecule has 4 rings (SSSR count). The monoisotopic (exact) mass is 423 g/mol. The van der Waals surface area contributed by atoms with Crippen LogP contribution in [0, 0.1) is 10.1 Å². The van der Waals surface area contributed by atoms with Crippen LogP contribution in [0.3, 0.4) is 0 Å². The van der Waals surface area contributed by atoms with Crippen LogP contribution >= 0.6 is 11.3 Å². The second kappa shape index (κ2) is 9.04. The molecule has 1 saturated heterocycles. The molecule has 1 aliphatic rings. The molecule has 0 unspecified atom stereocenters. The Morgan fingerprint density at radius 2 is 1.90 bits per heavy atom. The van der Waals surface area contributed by atoms with Crippen molar-refractivity contribution in [2.24, 2.45) is 0 Å².